The maximum atomic E-state index is 12.9. The third kappa shape index (κ3) is 4.17. The van der Waals surface area contributed by atoms with E-state index in [1.54, 1.807) is 19.2 Å². The van der Waals surface area contributed by atoms with Crippen molar-refractivity contribution in [1.29, 1.82) is 0 Å². The molecule has 1 amide bonds. The summed E-state index contributed by atoms with van der Waals surface area (Å²) in [6.07, 6.45) is -4.42. The summed E-state index contributed by atoms with van der Waals surface area (Å²) in [5.74, 6) is 0.316. The lowest BCUT2D eigenvalue weighted by atomic mass is 9.95. The van der Waals surface area contributed by atoms with Crippen molar-refractivity contribution in [3.63, 3.8) is 0 Å². The molecule has 3 aromatic carbocycles. The molecule has 28 heavy (non-hydrogen) atoms. The van der Waals surface area contributed by atoms with Crippen LogP contribution < -0.4 is 10.1 Å². The fourth-order valence-electron chi connectivity index (χ4n) is 2.92. The lowest BCUT2D eigenvalue weighted by molar-refractivity contribution is -0.137. The number of methoxy groups -OCH3 is 1. The van der Waals surface area contributed by atoms with Gasteiger partial charge in [0.1, 0.15) is 5.75 Å². The average Bonchev–Trinajstić information content (AvgIpc) is 2.67. The molecule has 1 N–H and O–H groups in total. The molecule has 3 rings (SSSR count). The fraction of sp³-hybridized carbons (Fsp3) is 0.136. The maximum absolute atomic E-state index is 12.9. The normalized spacial score (nSPS) is 11.2. The number of hydrogen-bond acceptors (Lipinski definition) is 2. The van der Waals surface area contributed by atoms with Crippen molar-refractivity contribution in [1.82, 2.24) is 0 Å². The summed E-state index contributed by atoms with van der Waals surface area (Å²) in [6, 6.07) is 17.2. The largest absolute Gasteiger partial charge is 0.497 e. The molecule has 0 aromatic heterocycles. The van der Waals surface area contributed by atoms with Gasteiger partial charge in [-0.2, -0.15) is 13.2 Å². The van der Waals surface area contributed by atoms with E-state index in [2.05, 4.69) is 5.32 Å². The van der Waals surface area contributed by atoms with Crippen LogP contribution in [0.25, 0.3) is 11.1 Å². The van der Waals surface area contributed by atoms with Gasteiger partial charge in [0, 0.05) is 5.69 Å². The number of halogens is 3. The third-order valence-electron chi connectivity index (χ3n) is 4.37. The number of benzene rings is 3. The van der Waals surface area contributed by atoms with Crippen LogP contribution in [0, 0.1) is 6.92 Å². The van der Waals surface area contributed by atoms with Crippen LogP contribution >= 0.6 is 0 Å². The number of hydrogen-bond donors (Lipinski definition) is 1. The van der Waals surface area contributed by atoms with Gasteiger partial charge in [-0.25, -0.2) is 0 Å². The van der Waals surface area contributed by atoms with Crippen molar-refractivity contribution < 1.29 is 22.7 Å². The molecule has 0 saturated heterocycles. The van der Waals surface area contributed by atoms with E-state index in [1.807, 2.05) is 37.3 Å². The Morgan fingerprint density at radius 1 is 0.929 bits per heavy atom. The van der Waals surface area contributed by atoms with Gasteiger partial charge < -0.3 is 10.1 Å². The number of aryl methyl sites for hydroxylation is 1. The lowest BCUT2D eigenvalue weighted by Gasteiger charge is -2.14. The van der Waals surface area contributed by atoms with Crippen LogP contribution in [-0.2, 0) is 6.18 Å². The van der Waals surface area contributed by atoms with E-state index in [-0.39, 0.29) is 5.91 Å². The molecule has 0 aliphatic heterocycles. The minimum absolute atomic E-state index is 0.293. The standard InChI is InChI=1S/C22H18F3NO2/c1-14-4-3-5-19(15-6-12-18(28-2)13-7-15)20(14)21(27)26-17-10-8-16(9-11-17)22(23,24)25/h3-13H,1-2H3,(H,26,27). The van der Waals surface area contributed by atoms with E-state index >= 15 is 0 Å². The van der Waals surface area contributed by atoms with Crippen LogP contribution in [0.5, 0.6) is 5.75 Å². The molecule has 0 aliphatic carbocycles. The summed E-state index contributed by atoms with van der Waals surface area (Å²) < 4.78 is 43.3. The highest BCUT2D eigenvalue weighted by Gasteiger charge is 2.30. The first-order valence-electron chi connectivity index (χ1n) is 8.52. The van der Waals surface area contributed by atoms with E-state index in [9.17, 15) is 18.0 Å². The molecule has 0 spiro atoms. The second-order valence-corrected chi connectivity index (χ2v) is 6.26. The molecular weight excluding hydrogens is 367 g/mol. The predicted molar refractivity (Wildman–Crippen MR) is 103 cm³/mol. The number of rotatable bonds is 4. The molecule has 0 aliphatic rings. The number of anilines is 1. The molecule has 0 unspecified atom stereocenters. The van der Waals surface area contributed by atoms with Crippen molar-refractivity contribution in [2.45, 2.75) is 13.1 Å². The summed E-state index contributed by atoms with van der Waals surface area (Å²) in [7, 11) is 1.57. The Balaban J connectivity index is 1.91. The van der Waals surface area contributed by atoms with Crippen LogP contribution in [0.4, 0.5) is 18.9 Å². The Hall–Kier alpha value is -3.28. The number of carbonyl (C=O) groups excluding carboxylic acids is 1. The zero-order valence-electron chi connectivity index (χ0n) is 15.3. The highest BCUT2D eigenvalue weighted by Crippen LogP contribution is 2.31. The quantitative estimate of drug-likeness (QED) is 0.603. The third-order valence-corrected chi connectivity index (χ3v) is 4.37. The molecule has 0 radical (unpaired) electrons. The minimum Gasteiger partial charge on any atom is -0.497 e. The van der Waals surface area contributed by atoms with Crippen molar-refractivity contribution >= 4 is 11.6 Å². The Labute approximate surface area is 160 Å². The second-order valence-electron chi connectivity index (χ2n) is 6.26. The molecule has 144 valence electrons. The Morgan fingerprint density at radius 2 is 1.57 bits per heavy atom. The van der Waals surface area contributed by atoms with Gasteiger partial charge in [0.15, 0.2) is 0 Å². The van der Waals surface area contributed by atoms with E-state index in [0.717, 1.165) is 28.8 Å². The molecule has 3 nitrogen and oxygen atoms in total. The minimum atomic E-state index is -4.42. The van der Waals surface area contributed by atoms with Gasteiger partial charge in [0.25, 0.3) is 5.91 Å². The molecule has 0 fully saturated rings. The zero-order valence-corrected chi connectivity index (χ0v) is 15.3. The maximum Gasteiger partial charge on any atom is 0.416 e. The zero-order chi connectivity index (χ0) is 20.3. The molecule has 0 heterocycles. The van der Waals surface area contributed by atoms with E-state index in [0.29, 0.717) is 17.0 Å². The summed E-state index contributed by atoms with van der Waals surface area (Å²) in [6.45, 7) is 1.81. The van der Waals surface area contributed by atoms with Gasteiger partial charge in [-0.05, 0) is 60.0 Å². The number of amides is 1. The van der Waals surface area contributed by atoms with E-state index < -0.39 is 11.7 Å². The Bertz CT molecular complexity index is 978. The summed E-state index contributed by atoms with van der Waals surface area (Å²) in [4.78, 5) is 12.9. The van der Waals surface area contributed by atoms with Gasteiger partial charge >= 0.3 is 6.18 Å². The summed E-state index contributed by atoms with van der Waals surface area (Å²) in [5, 5.41) is 2.68. The number of nitrogens with one attached hydrogen (secondary N) is 1. The van der Waals surface area contributed by atoms with Crippen LogP contribution in [0.15, 0.2) is 66.7 Å². The van der Waals surface area contributed by atoms with Gasteiger partial charge in [-0.15, -0.1) is 0 Å². The van der Waals surface area contributed by atoms with E-state index in [4.69, 9.17) is 4.74 Å². The fourth-order valence-corrected chi connectivity index (χ4v) is 2.92. The molecule has 3 aromatic rings. The first-order valence-corrected chi connectivity index (χ1v) is 8.52. The summed E-state index contributed by atoms with van der Waals surface area (Å²) >= 11 is 0. The smallest absolute Gasteiger partial charge is 0.416 e. The number of alkyl halides is 3. The van der Waals surface area contributed by atoms with Gasteiger partial charge in [-0.3, -0.25) is 4.79 Å². The molecule has 6 heteroatoms. The summed E-state index contributed by atoms with van der Waals surface area (Å²) in [5.41, 5.74) is 2.32. The van der Waals surface area contributed by atoms with Crippen molar-refractivity contribution in [2.24, 2.45) is 0 Å². The van der Waals surface area contributed by atoms with Crippen molar-refractivity contribution in [3.8, 4) is 16.9 Å². The predicted octanol–water partition coefficient (Wildman–Crippen LogP) is 5.94. The molecular formula is C22H18F3NO2. The van der Waals surface area contributed by atoms with Crippen LogP contribution in [0.3, 0.4) is 0 Å². The highest BCUT2D eigenvalue weighted by molar-refractivity contribution is 6.09. The van der Waals surface area contributed by atoms with Gasteiger partial charge in [0.05, 0.1) is 18.2 Å². The molecule has 0 atom stereocenters. The van der Waals surface area contributed by atoms with Crippen molar-refractivity contribution in [2.75, 3.05) is 12.4 Å². The van der Waals surface area contributed by atoms with Crippen LogP contribution in [0.1, 0.15) is 21.5 Å². The Morgan fingerprint density at radius 3 is 2.14 bits per heavy atom. The van der Waals surface area contributed by atoms with Crippen LogP contribution in [-0.4, -0.2) is 13.0 Å². The van der Waals surface area contributed by atoms with Crippen molar-refractivity contribution in [3.05, 3.63) is 83.4 Å². The van der Waals surface area contributed by atoms with Gasteiger partial charge in [0.2, 0.25) is 0 Å². The monoisotopic (exact) mass is 385 g/mol. The van der Waals surface area contributed by atoms with Crippen LogP contribution in [0.2, 0.25) is 0 Å². The molecule has 0 bridgehead atoms. The van der Waals surface area contributed by atoms with Gasteiger partial charge in [-0.1, -0.05) is 30.3 Å². The highest BCUT2D eigenvalue weighted by atomic mass is 19.4. The Kier molecular flexibility index (Phi) is 5.40. The topological polar surface area (TPSA) is 38.3 Å². The first kappa shape index (κ1) is 19.5. The average molecular weight is 385 g/mol. The number of ether oxygens (including phenoxy) is 1. The van der Waals surface area contributed by atoms with E-state index in [1.165, 1.54) is 12.1 Å². The SMILES string of the molecule is COc1ccc(-c2cccc(C)c2C(=O)Nc2ccc(C(F)(F)F)cc2)cc1. The first-order chi connectivity index (χ1) is 13.3. The molecule has 0 saturated carbocycles. The number of carbonyl (C=O) groups is 1. The second kappa shape index (κ2) is 7.76. The lowest BCUT2D eigenvalue weighted by Crippen LogP contribution is -2.15.